The molecular formula is C16H19NO2S. The van der Waals surface area contributed by atoms with Gasteiger partial charge in [-0.2, -0.15) is 0 Å². The van der Waals surface area contributed by atoms with Crippen LogP contribution >= 0.6 is 11.8 Å². The molecule has 0 saturated carbocycles. The third kappa shape index (κ3) is 4.47. The van der Waals surface area contributed by atoms with E-state index in [4.69, 9.17) is 15.2 Å². The number of hydrogen-bond acceptors (Lipinski definition) is 4. The molecule has 0 aliphatic rings. The summed E-state index contributed by atoms with van der Waals surface area (Å²) in [5, 5.41) is 0. The Bertz CT molecular complexity index is 531. The lowest BCUT2D eigenvalue weighted by Gasteiger charge is -2.09. The highest BCUT2D eigenvalue weighted by molar-refractivity contribution is 7.99. The van der Waals surface area contributed by atoms with Gasteiger partial charge >= 0.3 is 0 Å². The van der Waals surface area contributed by atoms with Crippen LogP contribution in [0.15, 0.2) is 53.4 Å². The Hall–Kier alpha value is -1.65. The Morgan fingerprint density at radius 2 is 1.90 bits per heavy atom. The summed E-state index contributed by atoms with van der Waals surface area (Å²) in [6, 6.07) is 15.8. The molecule has 2 aromatic rings. The molecule has 2 N–H and O–H groups in total. The number of rotatable bonds is 7. The van der Waals surface area contributed by atoms with E-state index >= 15 is 0 Å². The number of nitrogen functional groups attached to an aromatic ring is 1. The van der Waals surface area contributed by atoms with Gasteiger partial charge in [0.2, 0.25) is 0 Å². The SMILES string of the molecule is CCOc1ccc(N)c(SCOCc2ccccc2)c1. The van der Waals surface area contributed by atoms with Crippen molar-refractivity contribution in [2.24, 2.45) is 0 Å². The van der Waals surface area contributed by atoms with Gasteiger partial charge in [-0.25, -0.2) is 0 Å². The highest BCUT2D eigenvalue weighted by Gasteiger charge is 2.03. The van der Waals surface area contributed by atoms with E-state index in [1.54, 1.807) is 11.8 Å². The zero-order valence-electron chi connectivity index (χ0n) is 11.5. The van der Waals surface area contributed by atoms with Gasteiger partial charge in [-0.1, -0.05) is 42.1 Å². The van der Waals surface area contributed by atoms with Gasteiger partial charge in [0, 0.05) is 10.6 Å². The minimum absolute atomic E-state index is 0.564. The summed E-state index contributed by atoms with van der Waals surface area (Å²) in [7, 11) is 0. The minimum atomic E-state index is 0.564. The molecule has 0 spiro atoms. The highest BCUT2D eigenvalue weighted by Crippen LogP contribution is 2.29. The van der Waals surface area contributed by atoms with Crippen molar-refractivity contribution in [1.82, 2.24) is 0 Å². The lowest BCUT2D eigenvalue weighted by Crippen LogP contribution is -1.96. The number of thioether (sulfide) groups is 1. The van der Waals surface area contributed by atoms with Crippen molar-refractivity contribution < 1.29 is 9.47 Å². The van der Waals surface area contributed by atoms with Crippen molar-refractivity contribution in [3.05, 3.63) is 54.1 Å². The zero-order valence-corrected chi connectivity index (χ0v) is 12.4. The number of benzene rings is 2. The Morgan fingerprint density at radius 3 is 2.65 bits per heavy atom. The van der Waals surface area contributed by atoms with E-state index in [-0.39, 0.29) is 0 Å². The lowest BCUT2D eigenvalue weighted by molar-refractivity contribution is 0.169. The van der Waals surface area contributed by atoms with Crippen LogP contribution in [0.3, 0.4) is 0 Å². The van der Waals surface area contributed by atoms with Crippen molar-refractivity contribution in [2.75, 3.05) is 18.3 Å². The van der Waals surface area contributed by atoms with Gasteiger partial charge in [-0.05, 0) is 30.7 Å². The monoisotopic (exact) mass is 289 g/mol. The van der Waals surface area contributed by atoms with Crippen LogP contribution in [-0.4, -0.2) is 12.5 Å². The van der Waals surface area contributed by atoms with Gasteiger partial charge in [0.05, 0.1) is 19.2 Å². The predicted octanol–water partition coefficient (Wildman–Crippen LogP) is 3.93. The van der Waals surface area contributed by atoms with E-state index in [2.05, 4.69) is 12.1 Å². The second-order valence-corrected chi connectivity index (χ2v) is 5.19. The number of anilines is 1. The number of ether oxygens (including phenoxy) is 2. The fourth-order valence-electron chi connectivity index (χ4n) is 1.74. The first-order valence-electron chi connectivity index (χ1n) is 6.56. The minimum Gasteiger partial charge on any atom is -0.494 e. The van der Waals surface area contributed by atoms with Crippen LogP contribution in [0.5, 0.6) is 5.75 Å². The maximum Gasteiger partial charge on any atom is 0.120 e. The molecule has 0 heterocycles. The molecule has 0 aromatic heterocycles. The Balaban J connectivity index is 1.83. The Morgan fingerprint density at radius 1 is 1.10 bits per heavy atom. The molecule has 2 aromatic carbocycles. The first-order chi connectivity index (χ1) is 9.79. The largest absolute Gasteiger partial charge is 0.494 e. The standard InChI is InChI=1S/C16H19NO2S/c1-2-19-14-8-9-15(17)16(10-14)20-12-18-11-13-6-4-3-5-7-13/h3-10H,2,11-12,17H2,1H3. The highest BCUT2D eigenvalue weighted by atomic mass is 32.2. The molecule has 0 fully saturated rings. The predicted molar refractivity (Wildman–Crippen MR) is 84.0 cm³/mol. The summed E-state index contributed by atoms with van der Waals surface area (Å²) in [4.78, 5) is 0.990. The van der Waals surface area contributed by atoms with E-state index in [0.717, 1.165) is 16.3 Å². The lowest BCUT2D eigenvalue weighted by atomic mass is 10.2. The van der Waals surface area contributed by atoms with Crippen molar-refractivity contribution in [3.8, 4) is 5.75 Å². The third-order valence-corrected chi connectivity index (χ3v) is 3.65. The van der Waals surface area contributed by atoms with Crippen LogP contribution in [0, 0.1) is 0 Å². The van der Waals surface area contributed by atoms with Crippen LogP contribution in [-0.2, 0) is 11.3 Å². The smallest absolute Gasteiger partial charge is 0.120 e. The van der Waals surface area contributed by atoms with Crippen LogP contribution < -0.4 is 10.5 Å². The molecule has 3 nitrogen and oxygen atoms in total. The van der Waals surface area contributed by atoms with Crippen LogP contribution in [0.2, 0.25) is 0 Å². The fourth-order valence-corrected chi connectivity index (χ4v) is 2.46. The zero-order chi connectivity index (χ0) is 14.2. The summed E-state index contributed by atoms with van der Waals surface area (Å²) in [5.41, 5.74) is 7.87. The number of hydrogen-bond donors (Lipinski definition) is 1. The average Bonchev–Trinajstić information content (AvgIpc) is 2.48. The molecule has 20 heavy (non-hydrogen) atoms. The molecule has 2 rings (SSSR count). The molecular weight excluding hydrogens is 270 g/mol. The molecule has 106 valence electrons. The van der Waals surface area contributed by atoms with Gasteiger partial charge in [-0.3, -0.25) is 0 Å². The molecule has 0 aliphatic heterocycles. The molecule has 0 aliphatic carbocycles. The first kappa shape index (κ1) is 14.8. The van der Waals surface area contributed by atoms with Crippen LogP contribution in [0.1, 0.15) is 12.5 Å². The summed E-state index contributed by atoms with van der Waals surface area (Å²) < 4.78 is 11.1. The van der Waals surface area contributed by atoms with Crippen molar-refractivity contribution in [2.45, 2.75) is 18.4 Å². The molecule has 4 heteroatoms. The van der Waals surface area contributed by atoms with Crippen LogP contribution in [0.25, 0.3) is 0 Å². The van der Waals surface area contributed by atoms with E-state index in [0.29, 0.717) is 19.2 Å². The summed E-state index contributed by atoms with van der Waals surface area (Å²) >= 11 is 1.58. The van der Waals surface area contributed by atoms with E-state index in [1.165, 1.54) is 5.56 Å². The van der Waals surface area contributed by atoms with E-state index in [9.17, 15) is 0 Å². The number of nitrogens with two attached hydrogens (primary N) is 1. The van der Waals surface area contributed by atoms with Crippen molar-refractivity contribution in [1.29, 1.82) is 0 Å². The fraction of sp³-hybridized carbons (Fsp3) is 0.250. The van der Waals surface area contributed by atoms with E-state index in [1.807, 2.05) is 43.3 Å². The summed E-state index contributed by atoms with van der Waals surface area (Å²) in [5.74, 6) is 1.40. The third-order valence-electron chi connectivity index (χ3n) is 2.71. The maximum absolute atomic E-state index is 5.95. The van der Waals surface area contributed by atoms with Gasteiger partial charge in [-0.15, -0.1) is 0 Å². The van der Waals surface area contributed by atoms with Gasteiger partial charge < -0.3 is 15.2 Å². The molecule has 0 saturated heterocycles. The van der Waals surface area contributed by atoms with Gasteiger partial charge in [0.25, 0.3) is 0 Å². The van der Waals surface area contributed by atoms with Crippen molar-refractivity contribution >= 4 is 17.4 Å². The molecule has 0 unspecified atom stereocenters. The van der Waals surface area contributed by atoms with Crippen molar-refractivity contribution in [3.63, 3.8) is 0 Å². The van der Waals surface area contributed by atoms with Gasteiger partial charge in [0.1, 0.15) is 5.75 Å². The van der Waals surface area contributed by atoms with E-state index < -0.39 is 0 Å². The quantitative estimate of drug-likeness (QED) is 0.363. The second-order valence-electron chi connectivity index (χ2n) is 4.23. The Kier molecular flexibility index (Phi) is 5.77. The molecule has 0 bridgehead atoms. The molecule has 0 atom stereocenters. The van der Waals surface area contributed by atoms with Gasteiger partial charge in [0.15, 0.2) is 0 Å². The molecule has 0 radical (unpaired) electrons. The first-order valence-corrected chi connectivity index (χ1v) is 7.55. The maximum atomic E-state index is 5.95. The summed E-state index contributed by atoms with van der Waals surface area (Å²) in [6.07, 6.45) is 0. The second kappa shape index (κ2) is 7.82. The molecule has 0 amide bonds. The topological polar surface area (TPSA) is 44.5 Å². The van der Waals surface area contributed by atoms with Crippen LogP contribution in [0.4, 0.5) is 5.69 Å². The summed E-state index contributed by atoms with van der Waals surface area (Å²) in [6.45, 7) is 3.23. The average molecular weight is 289 g/mol. The Labute approximate surface area is 124 Å². The normalized spacial score (nSPS) is 10.4.